The zero-order valence-electron chi connectivity index (χ0n) is 9.13. The van der Waals surface area contributed by atoms with Crippen LogP contribution in [0.3, 0.4) is 0 Å². The molecule has 0 amide bonds. The third-order valence-electron chi connectivity index (χ3n) is 2.50. The molecule has 0 bridgehead atoms. The SMILES string of the molecule is Cn1ncc([N+](=O)[O-])c1Cc1cccc(F)c1. The highest BCUT2D eigenvalue weighted by atomic mass is 19.1. The summed E-state index contributed by atoms with van der Waals surface area (Å²) in [5.74, 6) is -0.354. The third kappa shape index (κ3) is 2.30. The highest BCUT2D eigenvalue weighted by molar-refractivity contribution is 5.37. The molecule has 0 N–H and O–H groups in total. The number of aryl methyl sites for hydroxylation is 1. The van der Waals surface area contributed by atoms with Crippen molar-refractivity contribution in [2.24, 2.45) is 7.05 Å². The van der Waals surface area contributed by atoms with E-state index in [4.69, 9.17) is 0 Å². The Kier molecular flexibility index (Phi) is 2.86. The lowest BCUT2D eigenvalue weighted by Gasteiger charge is -2.02. The predicted molar refractivity (Wildman–Crippen MR) is 59.1 cm³/mol. The molecule has 0 radical (unpaired) electrons. The van der Waals surface area contributed by atoms with Gasteiger partial charge in [0, 0.05) is 13.5 Å². The highest BCUT2D eigenvalue weighted by Gasteiger charge is 2.18. The Hall–Kier alpha value is -2.24. The van der Waals surface area contributed by atoms with Crippen molar-refractivity contribution in [3.63, 3.8) is 0 Å². The van der Waals surface area contributed by atoms with Crippen molar-refractivity contribution in [3.8, 4) is 0 Å². The summed E-state index contributed by atoms with van der Waals surface area (Å²) in [5.41, 5.74) is 1.09. The summed E-state index contributed by atoms with van der Waals surface area (Å²) in [7, 11) is 1.63. The maximum atomic E-state index is 13.0. The van der Waals surface area contributed by atoms with Crippen LogP contribution >= 0.6 is 0 Å². The van der Waals surface area contributed by atoms with Gasteiger partial charge in [-0.2, -0.15) is 5.10 Å². The van der Waals surface area contributed by atoms with E-state index in [1.54, 1.807) is 19.2 Å². The highest BCUT2D eigenvalue weighted by Crippen LogP contribution is 2.20. The van der Waals surface area contributed by atoms with Gasteiger partial charge in [0.05, 0.1) is 4.92 Å². The molecule has 17 heavy (non-hydrogen) atoms. The topological polar surface area (TPSA) is 61.0 Å². The molecule has 1 aromatic carbocycles. The van der Waals surface area contributed by atoms with Crippen molar-refractivity contribution in [2.75, 3.05) is 0 Å². The van der Waals surface area contributed by atoms with Crippen molar-refractivity contribution in [3.05, 3.63) is 57.7 Å². The summed E-state index contributed by atoms with van der Waals surface area (Å²) in [6.07, 6.45) is 1.49. The van der Waals surface area contributed by atoms with Crippen LogP contribution in [0.5, 0.6) is 0 Å². The first-order valence-corrected chi connectivity index (χ1v) is 4.97. The standard InChI is InChI=1S/C11H10FN3O2/c1-14-10(11(7-13-14)15(16)17)6-8-3-2-4-9(12)5-8/h2-5,7H,6H2,1H3. The van der Waals surface area contributed by atoms with Gasteiger partial charge in [-0.25, -0.2) is 4.39 Å². The van der Waals surface area contributed by atoms with E-state index in [2.05, 4.69) is 5.10 Å². The fourth-order valence-electron chi connectivity index (χ4n) is 1.65. The van der Waals surface area contributed by atoms with E-state index < -0.39 is 4.92 Å². The maximum Gasteiger partial charge on any atom is 0.310 e. The molecule has 0 aliphatic carbocycles. The van der Waals surface area contributed by atoms with Crippen molar-refractivity contribution in [2.45, 2.75) is 6.42 Å². The second-order valence-electron chi connectivity index (χ2n) is 3.66. The Labute approximate surface area is 96.6 Å². The van der Waals surface area contributed by atoms with Gasteiger partial charge in [-0.1, -0.05) is 12.1 Å². The maximum absolute atomic E-state index is 13.0. The van der Waals surface area contributed by atoms with E-state index in [-0.39, 0.29) is 17.9 Å². The first kappa shape index (κ1) is 11.3. The quantitative estimate of drug-likeness (QED) is 0.604. The zero-order valence-corrected chi connectivity index (χ0v) is 9.13. The van der Waals surface area contributed by atoms with Crippen LogP contribution in [0.1, 0.15) is 11.3 Å². The van der Waals surface area contributed by atoms with Crippen LogP contribution in [0.4, 0.5) is 10.1 Å². The third-order valence-corrected chi connectivity index (χ3v) is 2.50. The summed E-state index contributed by atoms with van der Waals surface area (Å²) in [6, 6.07) is 5.99. The van der Waals surface area contributed by atoms with Crippen LogP contribution in [0, 0.1) is 15.9 Å². The van der Waals surface area contributed by atoms with E-state index >= 15 is 0 Å². The molecule has 6 heteroatoms. The molecule has 0 aliphatic rings. The molecular weight excluding hydrogens is 225 g/mol. The average Bonchev–Trinajstić information content (AvgIpc) is 2.61. The fraction of sp³-hybridized carbons (Fsp3) is 0.182. The number of rotatable bonds is 3. The van der Waals surface area contributed by atoms with Crippen molar-refractivity contribution in [1.29, 1.82) is 0 Å². The van der Waals surface area contributed by atoms with Gasteiger partial charge >= 0.3 is 5.69 Å². The van der Waals surface area contributed by atoms with Crippen LogP contribution in [0.25, 0.3) is 0 Å². The number of benzene rings is 1. The van der Waals surface area contributed by atoms with Gasteiger partial charge in [0.2, 0.25) is 0 Å². The van der Waals surface area contributed by atoms with Gasteiger partial charge in [0.15, 0.2) is 0 Å². The Bertz CT molecular complexity index is 566. The van der Waals surface area contributed by atoms with Crippen LogP contribution < -0.4 is 0 Å². The van der Waals surface area contributed by atoms with Gasteiger partial charge < -0.3 is 0 Å². The molecule has 0 aliphatic heterocycles. The minimum atomic E-state index is -0.484. The lowest BCUT2D eigenvalue weighted by atomic mass is 10.1. The number of halogens is 1. The zero-order chi connectivity index (χ0) is 12.4. The number of nitro groups is 1. The number of nitrogens with zero attached hydrogens (tertiary/aromatic N) is 3. The molecule has 0 atom stereocenters. The van der Waals surface area contributed by atoms with E-state index in [0.29, 0.717) is 11.3 Å². The molecule has 2 aromatic rings. The molecular formula is C11H10FN3O2. The summed E-state index contributed by atoms with van der Waals surface area (Å²) in [6.45, 7) is 0. The van der Waals surface area contributed by atoms with Crippen LogP contribution in [-0.2, 0) is 13.5 Å². The molecule has 0 fully saturated rings. The van der Waals surface area contributed by atoms with Crippen molar-refractivity contribution < 1.29 is 9.31 Å². The second-order valence-corrected chi connectivity index (χ2v) is 3.66. The smallest absolute Gasteiger partial charge is 0.265 e. The van der Waals surface area contributed by atoms with Gasteiger partial charge in [-0.05, 0) is 17.7 Å². The average molecular weight is 235 g/mol. The fourth-order valence-corrected chi connectivity index (χ4v) is 1.65. The lowest BCUT2D eigenvalue weighted by molar-refractivity contribution is -0.385. The van der Waals surface area contributed by atoms with Crippen molar-refractivity contribution >= 4 is 5.69 Å². The Balaban J connectivity index is 2.36. The molecule has 5 nitrogen and oxygen atoms in total. The van der Waals surface area contributed by atoms with Gasteiger partial charge in [-0.15, -0.1) is 0 Å². The Morgan fingerprint density at radius 2 is 2.29 bits per heavy atom. The normalized spacial score (nSPS) is 10.5. The van der Waals surface area contributed by atoms with Gasteiger partial charge in [-0.3, -0.25) is 14.8 Å². The van der Waals surface area contributed by atoms with Crippen LogP contribution in [0.2, 0.25) is 0 Å². The molecule has 1 heterocycles. The molecule has 0 saturated heterocycles. The van der Waals surface area contributed by atoms with E-state index in [0.717, 1.165) is 0 Å². The summed E-state index contributed by atoms with van der Waals surface area (Å²) in [4.78, 5) is 10.3. The first-order valence-electron chi connectivity index (χ1n) is 4.97. The minimum Gasteiger partial charge on any atom is -0.265 e. The monoisotopic (exact) mass is 235 g/mol. The second kappa shape index (κ2) is 4.32. The predicted octanol–water partition coefficient (Wildman–Crippen LogP) is 2.06. The van der Waals surface area contributed by atoms with E-state index in [1.807, 2.05) is 0 Å². The molecule has 88 valence electrons. The molecule has 2 rings (SSSR count). The minimum absolute atomic E-state index is 0.0447. The van der Waals surface area contributed by atoms with E-state index in [1.165, 1.54) is 23.0 Å². The van der Waals surface area contributed by atoms with Crippen LogP contribution in [-0.4, -0.2) is 14.7 Å². The number of aromatic nitrogens is 2. The van der Waals surface area contributed by atoms with Gasteiger partial charge in [0.1, 0.15) is 17.7 Å². The molecule has 0 unspecified atom stereocenters. The Morgan fingerprint density at radius 3 is 2.94 bits per heavy atom. The van der Waals surface area contributed by atoms with E-state index in [9.17, 15) is 14.5 Å². The van der Waals surface area contributed by atoms with Gasteiger partial charge in [0.25, 0.3) is 0 Å². The summed E-state index contributed by atoms with van der Waals surface area (Å²) < 4.78 is 14.4. The molecule has 0 spiro atoms. The number of hydrogen-bond donors (Lipinski definition) is 0. The lowest BCUT2D eigenvalue weighted by Crippen LogP contribution is -2.02. The summed E-state index contributed by atoms with van der Waals surface area (Å²) >= 11 is 0. The van der Waals surface area contributed by atoms with Crippen LogP contribution in [0.15, 0.2) is 30.5 Å². The largest absolute Gasteiger partial charge is 0.310 e. The first-order chi connectivity index (χ1) is 8.08. The molecule has 1 aromatic heterocycles. The van der Waals surface area contributed by atoms with Crippen molar-refractivity contribution in [1.82, 2.24) is 9.78 Å². The molecule has 0 saturated carbocycles. The number of hydrogen-bond acceptors (Lipinski definition) is 3. The Morgan fingerprint density at radius 1 is 1.53 bits per heavy atom. The summed E-state index contributed by atoms with van der Waals surface area (Å²) in [5, 5.41) is 14.6.